The Kier molecular flexibility index (Phi) is 4.66. The quantitative estimate of drug-likeness (QED) is 0.683. The molecular formula is C21H22N6S. The van der Waals surface area contributed by atoms with E-state index in [1.807, 2.05) is 46.7 Å². The average molecular weight is 391 g/mol. The predicted molar refractivity (Wildman–Crippen MR) is 113 cm³/mol. The number of thiazole rings is 1. The Morgan fingerprint density at radius 3 is 2.64 bits per heavy atom. The smallest absolute Gasteiger partial charge is 0.185 e. The second kappa shape index (κ2) is 7.59. The maximum atomic E-state index is 4.99. The highest BCUT2D eigenvalue weighted by Crippen LogP contribution is 2.25. The molecule has 142 valence electrons. The van der Waals surface area contributed by atoms with Crippen LogP contribution in [0.3, 0.4) is 0 Å². The molecule has 7 heteroatoms. The molecule has 0 N–H and O–H groups in total. The molecule has 0 amide bonds. The number of hydrazone groups is 1. The van der Waals surface area contributed by atoms with E-state index in [9.17, 15) is 0 Å². The molecule has 5 rings (SSSR count). The number of benzene rings is 1. The molecule has 2 aliphatic heterocycles. The number of para-hydroxylation sites is 1. The Bertz CT molecular complexity index is 968. The summed E-state index contributed by atoms with van der Waals surface area (Å²) in [6.45, 7) is 2.93. The van der Waals surface area contributed by atoms with Crippen molar-refractivity contribution in [2.24, 2.45) is 5.10 Å². The van der Waals surface area contributed by atoms with E-state index >= 15 is 0 Å². The zero-order valence-electron chi connectivity index (χ0n) is 15.6. The number of anilines is 1. The summed E-state index contributed by atoms with van der Waals surface area (Å²) >= 11 is 1.72. The number of aromatic nitrogens is 3. The molecule has 6 nitrogen and oxygen atoms in total. The largest absolute Gasteiger partial charge is 0.348 e. The molecule has 1 saturated heterocycles. The molecule has 28 heavy (non-hydrogen) atoms. The summed E-state index contributed by atoms with van der Waals surface area (Å²) in [7, 11) is 0. The highest BCUT2D eigenvalue weighted by molar-refractivity contribution is 7.13. The topological polar surface area (TPSA) is 49.6 Å². The van der Waals surface area contributed by atoms with E-state index in [1.165, 1.54) is 0 Å². The number of allylic oxidation sites excluding steroid dienone is 1. The standard InChI is InChI=1S/C21H22N6S/c1-2-5-18(6-3-1)27-20(8-11-23-27)19-7-4-13-26(24-19)17-9-14-25(15-10-17)21-22-12-16-28-21/h1-8,11-12,16-17H,9-10,13-15H2. The van der Waals surface area contributed by atoms with Crippen molar-refractivity contribution in [1.82, 2.24) is 19.8 Å². The number of piperidine rings is 1. The number of rotatable bonds is 4. The zero-order valence-corrected chi connectivity index (χ0v) is 16.4. The number of nitrogens with zero attached hydrogens (tertiary/aromatic N) is 6. The van der Waals surface area contributed by atoms with Gasteiger partial charge in [-0.3, -0.25) is 5.01 Å². The normalized spacial score (nSPS) is 17.8. The van der Waals surface area contributed by atoms with Gasteiger partial charge in [-0.05, 0) is 37.1 Å². The van der Waals surface area contributed by atoms with Gasteiger partial charge in [0.25, 0.3) is 0 Å². The third-order valence-corrected chi connectivity index (χ3v) is 6.12. The van der Waals surface area contributed by atoms with Crippen molar-refractivity contribution >= 4 is 22.2 Å². The van der Waals surface area contributed by atoms with E-state index in [1.54, 1.807) is 11.3 Å². The lowest BCUT2D eigenvalue weighted by atomic mass is 10.0. The summed E-state index contributed by atoms with van der Waals surface area (Å²) < 4.78 is 1.96. The molecule has 0 bridgehead atoms. The van der Waals surface area contributed by atoms with Crippen molar-refractivity contribution < 1.29 is 0 Å². The molecule has 0 atom stereocenters. The molecule has 0 radical (unpaired) electrons. The lowest BCUT2D eigenvalue weighted by Gasteiger charge is -2.37. The molecule has 1 aromatic carbocycles. The van der Waals surface area contributed by atoms with Crippen molar-refractivity contribution in [2.75, 3.05) is 24.5 Å². The summed E-state index contributed by atoms with van der Waals surface area (Å²) in [6, 6.07) is 12.7. The van der Waals surface area contributed by atoms with Crippen LogP contribution >= 0.6 is 11.3 Å². The summed E-state index contributed by atoms with van der Waals surface area (Å²) in [6.07, 6.45) is 10.2. The Morgan fingerprint density at radius 1 is 1.00 bits per heavy atom. The van der Waals surface area contributed by atoms with E-state index in [-0.39, 0.29) is 0 Å². The lowest BCUT2D eigenvalue weighted by molar-refractivity contribution is 0.193. The van der Waals surface area contributed by atoms with Crippen LogP contribution in [0, 0.1) is 0 Å². The Balaban J connectivity index is 1.33. The van der Waals surface area contributed by atoms with Gasteiger partial charge in [-0.15, -0.1) is 11.3 Å². The highest BCUT2D eigenvalue weighted by atomic mass is 32.1. The monoisotopic (exact) mass is 390 g/mol. The van der Waals surface area contributed by atoms with Gasteiger partial charge in [-0.2, -0.15) is 10.2 Å². The fourth-order valence-electron chi connectivity index (χ4n) is 3.85. The van der Waals surface area contributed by atoms with E-state index in [0.717, 1.165) is 54.7 Å². The van der Waals surface area contributed by atoms with Gasteiger partial charge < -0.3 is 4.90 Å². The fraction of sp³-hybridized carbons (Fsp3) is 0.286. The first-order valence-electron chi connectivity index (χ1n) is 9.64. The van der Waals surface area contributed by atoms with Crippen LogP contribution in [0.15, 0.2) is 71.4 Å². The van der Waals surface area contributed by atoms with Gasteiger partial charge in [0.2, 0.25) is 0 Å². The zero-order chi connectivity index (χ0) is 18.8. The second-order valence-corrected chi connectivity index (χ2v) is 7.88. The van der Waals surface area contributed by atoms with Crippen LogP contribution in [0.2, 0.25) is 0 Å². The van der Waals surface area contributed by atoms with Crippen LogP contribution in [0.25, 0.3) is 5.69 Å². The predicted octanol–water partition coefficient (Wildman–Crippen LogP) is 3.57. The van der Waals surface area contributed by atoms with E-state index in [2.05, 4.69) is 44.3 Å². The van der Waals surface area contributed by atoms with Crippen LogP contribution in [0.4, 0.5) is 5.13 Å². The minimum absolute atomic E-state index is 0.462. The molecule has 1 fully saturated rings. The first-order valence-corrected chi connectivity index (χ1v) is 10.5. The minimum atomic E-state index is 0.462. The third kappa shape index (κ3) is 3.33. The van der Waals surface area contributed by atoms with E-state index < -0.39 is 0 Å². The molecule has 2 aromatic heterocycles. The SMILES string of the molecule is C1=CC(c2ccnn2-c2ccccc2)=NN(C2CCN(c3nccs3)CC2)C1. The minimum Gasteiger partial charge on any atom is -0.348 e. The van der Waals surface area contributed by atoms with Crippen LogP contribution < -0.4 is 4.90 Å². The van der Waals surface area contributed by atoms with Gasteiger partial charge >= 0.3 is 0 Å². The first-order chi connectivity index (χ1) is 13.9. The van der Waals surface area contributed by atoms with Gasteiger partial charge in [-0.25, -0.2) is 9.67 Å². The third-order valence-electron chi connectivity index (χ3n) is 5.29. The summed E-state index contributed by atoms with van der Waals surface area (Å²) in [4.78, 5) is 6.83. The Labute approximate surface area is 168 Å². The van der Waals surface area contributed by atoms with Crippen LogP contribution in [-0.2, 0) is 0 Å². The van der Waals surface area contributed by atoms with Gasteiger partial charge in [0.05, 0.1) is 30.2 Å². The van der Waals surface area contributed by atoms with Crippen LogP contribution in [-0.4, -0.2) is 51.2 Å². The van der Waals surface area contributed by atoms with Gasteiger partial charge in [-0.1, -0.05) is 24.3 Å². The van der Waals surface area contributed by atoms with Crippen molar-refractivity contribution in [3.05, 3.63) is 72.0 Å². The molecule has 3 aromatic rings. The van der Waals surface area contributed by atoms with Gasteiger partial charge in [0.1, 0.15) is 5.71 Å². The fourth-order valence-corrected chi connectivity index (χ4v) is 4.55. The Hall–Kier alpha value is -2.93. The summed E-state index contributed by atoms with van der Waals surface area (Å²) in [5.74, 6) is 0. The average Bonchev–Trinajstić information content (AvgIpc) is 3.47. The van der Waals surface area contributed by atoms with Crippen molar-refractivity contribution in [1.29, 1.82) is 0 Å². The Morgan fingerprint density at radius 2 is 1.86 bits per heavy atom. The molecule has 0 spiro atoms. The molecule has 4 heterocycles. The van der Waals surface area contributed by atoms with E-state index in [4.69, 9.17) is 5.10 Å². The van der Waals surface area contributed by atoms with Crippen LogP contribution in [0.5, 0.6) is 0 Å². The molecule has 0 saturated carbocycles. The molecule has 2 aliphatic rings. The number of hydrogen-bond acceptors (Lipinski definition) is 6. The van der Waals surface area contributed by atoms with Crippen molar-refractivity contribution in [3.8, 4) is 5.69 Å². The van der Waals surface area contributed by atoms with Gasteiger partial charge in [0.15, 0.2) is 5.13 Å². The van der Waals surface area contributed by atoms with Crippen LogP contribution in [0.1, 0.15) is 18.5 Å². The summed E-state index contributed by atoms with van der Waals surface area (Å²) in [5.41, 5.74) is 3.04. The first kappa shape index (κ1) is 17.2. The second-order valence-electron chi connectivity index (χ2n) is 7.01. The maximum absolute atomic E-state index is 4.99. The lowest BCUT2D eigenvalue weighted by Crippen LogP contribution is -2.44. The van der Waals surface area contributed by atoms with Crippen molar-refractivity contribution in [3.63, 3.8) is 0 Å². The summed E-state index contributed by atoms with van der Waals surface area (Å²) in [5, 5.41) is 14.9. The van der Waals surface area contributed by atoms with E-state index in [0.29, 0.717) is 6.04 Å². The van der Waals surface area contributed by atoms with Gasteiger partial charge in [0, 0.05) is 24.7 Å². The van der Waals surface area contributed by atoms with Crippen molar-refractivity contribution in [2.45, 2.75) is 18.9 Å². The molecular weight excluding hydrogens is 368 g/mol. The molecule has 0 aliphatic carbocycles. The molecule has 0 unspecified atom stereocenters. The highest BCUT2D eigenvalue weighted by Gasteiger charge is 2.26. The maximum Gasteiger partial charge on any atom is 0.185 e. The number of hydrogen-bond donors (Lipinski definition) is 0.